The molecule has 0 radical (unpaired) electrons. The molecule has 0 amide bonds. The molecule has 5 heteroatoms. The van der Waals surface area contributed by atoms with E-state index in [2.05, 4.69) is 5.10 Å². The lowest BCUT2D eigenvalue weighted by Crippen LogP contribution is -1.96. The zero-order valence-electron chi connectivity index (χ0n) is 11.3. The predicted molar refractivity (Wildman–Crippen MR) is 75.3 cm³/mol. The van der Waals surface area contributed by atoms with Gasteiger partial charge >= 0.3 is 5.97 Å². The molecule has 0 aliphatic rings. The average molecular weight is 274 g/mol. The Balaban J connectivity index is 2.49. The molecule has 0 atom stereocenters. The van der Waals surface area contributed by atoms with Crippen LogP contribution < -0.4 is 0 Å². The quantitative estimate of drug-likeness (QED) is 0.865. The van der Waals surface area contributed by atoms with E-state index in [4.69, 9.17) is 5.11 Å². The number of pyridine rings is 1. The lowest BCUT2D eigenvalue weighted by atomic mass is 10.0. The Morgan fingerprint density at radius 1 is 1.45 bits per heavy atom. The van der Waals surface area contributed by atoms with Gasteiger partial charge in [0.05, 0.1) is 17.5 Å². The van der Waals surface area contributed by atoms with Crippen LogP contribution in [0.15, 0.2) is 42.5 Å². The summed E-state index contributed by atoms with van der Waals surface area (Å²) in [6, 6.07) is 3.53. The van der Waals surface area contributed by atoms with Crippen LogP contribution in [0.2, 0.25) is 0 Å². The van der Waals surface area contributed by atoms with Crippen molar-refractivity contribution in [3.05, 3.63) is 53.6 Å². The number of allylic oxidation sites excluding steroid dienone is 4. The van der Waals surface area contributed by atoms with Crippen LogP contribution in [-0.4, -0.2) is 20.7 Å². The van der Waals surface area contributed by atoms with Crippen molar-refractivity contribution in [3.8, 4) is 0 Å². The van der Waals surface area contributed by atoms with E-state index in [1.165, 1.54) is 23.7 Å². The van der Waals surface area contributed by atoms with E-state index in [0.717, 1.165) is 17.6 Å². The Morgan fingerprint density at radius 3 is 2.80 bits per heavy atom. The molecule has 0 aliphatic carbocycles. The fraction of sp³-hybridized carbons (Fsp3) is 0.200. The third kappa shape index (κ3) is 2.77. The van der Waals surface area contributed by atoms with Gasteiger partial charge in [0, 0.05) is 6.20 Å². The summed E-state index contributed by atoms with van der Waals surface area (Å²) in [4.78, 5) is 11.0. The number of hydrogen-bond acceptors (Lipinski definition) is 2. The van der Waals surface area contributed by atoms with E-state index >= 15 is 0 Å². The number of halogens is 1. The van der Waals surface area contributed by atoms with Crippen LogP contribution in [0.3, 0.4) is 0 Å². The molecule has 2 rings (SSSR count). The second-order valence-corrected chi connectivity index (χ2v) is 4.41. The van der Waals surface area contributed by atoms with E-state index in [-0.39, 0.29) is 11.4 Å². The minimum Gasteiger partial charge on any atom is -0.478 e. The van der Waals surface area contributed by atoms with Crippen molar-refractivity contribution in [2.75, 3.05) is 0 Å². The third-order valence-corrected chi connectivity index (χ3v) is 3.01. The van der Waals surface area contributed by atoms with Crippen LogP contribution in [0.25, 0.3) is 11.1 Å². The molecule has 0 fully saturated rings. The summed E-state index contributed by atoms with van der Waals surface area (Å²) in [6.07, 6.45) is 6.94. The molecule has 0 saturated carbocycles. The van der Waals surface area contributed by atoms with Crippen molar-refractivity contribution in [3.63, 3.8) is 0 Å². The molecular weight excluding hydrogens is 259 g/mol. The van der Waals surface area contributed by atoms with E-state index in [9.17, 15) is 9.18 Å². The van der Waals surface area contributed by atoms with Crippen LogP contribution in [0.4, 0.5) is 4.39 Å². The first kappa shape index (κ1) is 14.0. The highest BCUT2D eigenvalue weighted by molar-refractivity contribution is 5.95. The molecule has 2 aromatic rings. The van der Waals surface area contributed by atoms with Gasteiger partial charge in [0.25, 0.3) is 0 Å². The predicted octanol–water partition coefficient (Wildman–Crippen LogP) is 3.70. The summed E-state index contributed by atoms with van der Waals surface area (Å²) in [5, 5.41) is 13.1. The Bertz CT molecular complexity index is 710. The molecule has 1 N–H and O–H groups in total. The van der Waals surface area contributed by atoms with E-state index in [1.807, 2.05) is 13.0 Å². The number of carboxylic acid groups (broad SMARTS) is 1. The van der Waals surface area contributed by atoms with Crippen LogP contribution in [0.1, 0.15) is 36.2 Å². The van der Waals surface area contributed by atoms with Crippen molar-refractivity contribution in [2.24, 2.45) is 0 Å². The smallest absolute Gasteiger partial charge is 0.339 e. The highest BCUT2D eigenvalue weighted by Crippen LogP contribution is 2.21. The molecule has 2 aromatic heterocycles. The maximum atomic E-state index is 12.8. The van der Waals surface area contributed by atoms with Gasteiger partial charge in [0.15, 0.2) is 0 Å². The first-order chi connectivity index (χ1) is 9.52. The summed E-state index contributed by atoms with van der Waals surface area (Å²) < 4.78 is 14.3. The van der Waals surface area contributed by atoms with E-state index in [0.29, 0.717) is 5.52 Å². The molecule has 0 spiro atoms. The number of fused-ring (bicyclic) bond motifs is 1. The molecular formula is C15H15FN2O2. The second-order valence-electron chi connectivity index (χ2n) is 4.41. The van der Waals surface area contributed by atoms with Crippen molar-refractivity contribution >= 4 is 17.1 Å². The number of carbonyl (C=O) groups is 1. The van der Waals surface area contributed by atoms with Crippen LogP contribution >= 0.6 is 0 Å². The number of hydrogen-bond donors (Lipinski definition) is 1. The van der Waals surface area contributed by atoms with Gasteiger partial charge < -0.3 is 5.11 Å². The maximum absolute atomic E-state index is 12.8. The van der Waals surface area contributed by atoms with Gasteiger partial charge in [-0.3, -0.25) is 0 Å². The van der Waals surface area contributed by atoms with Crippen molar-refractivity contribution in [2.45, 2.75) is 20.3 Å². The standard InChI is InChI=1S/C15H15FN2O2/c1-3-11(5-4-10(2)16)12-6-7-14-13(15(19)20)8-17-18(14)9-12/h4-9H,3H2,1-2H3,(H,19,20)/b10-4+,11-5+. The number of nitrogens with zero attached hydrogens (tertiary/aromatic N) is 2. The molecule has 0 bridgehead atoms. The summed E-state index contributed by atoms with van der Waals surface area (Å²) in [5.74, 6) is -1.26. The van der Waals surface area contributed by atoms with Crippen molar-refractivity contribution < 1.29 is 14.3 Å². The average Bonchev–Trinajstić information content (AvgIpc) is 2.82. The van der Waals surface area contributed by atoms with Gasteiger partial charge in [-0.15, -0.1) is 0 Å². The Morgan fingerprint density at radius 2 is 2.20 bits per heavy atom. The Hall–Kier alpha value is -2.43. The molecule has 0 aromatic carbocycles. The van der Waals surface area contributed by atoms with Gasteiger partial charge in [-0.25, -0.2) is 13.7 Å². The molecule has 2 heterocycles. The summed E-state index contributed by atoms with van der Waals surface area (Å²) in [6.45, 7) is 3.36. The first-order valence-corrected chi connectivity index (χ1v) is 6.27. The summed E-state index contributed by atoms with van der Waals surface area (Å²) >= 11 is 0. The summed E-state index contributed by atoms with van der Waals surface area (Å²) in [5.41, 5.74) is 2.54. The van der Waals surface area contributed by atoms with E-state index < -0.39 is 5.97 Å². The molecule has 0 saturated heterocycles. The zero-order chi connectivity index (χ0) is 14.7. The molecule has 104 valence electrons. The largest absolute Gasteiger partial charge is 0.478 e. The number of aromatic nitrogens is 2. The number of aromatic carboxylic acids is 1. The maximum Gasteiger partial charge on any atom is 0.339 e. The lowest BCUT2D eigenvalue weighted by molar-refractivity contribution is 0.0699. The highest BCUT2D eigenvalue weighted by atomic mass is 19.1. The number of rotatable bonds is 4. The highest BCUT2D eigenvalue weighted by Gasteiger charge is 2.11. The van der Waals surface area contributed by atoms with Crippen LogP contribution in [0, 0.1) is 0 Å². The minimum absolute atomic E-state index is 0.165. The van der Waals surface area contributed by atoms with Crippen LogP contribution in [0.5, 0.6) is 0 Å². The third-order valence-electron chi connectivity index (χ3n) is 3.01. The van der Waals surface area contributed by atoms with Gasteiger partial charge in [-0.05, 0) is 36.6 Å². The van der Waals surface area contributed by atoms with Gasteiger partial charge in [-0.1, -0.05) is 19.1 Å². The second kappa shape index (κ2) is 5.69. The Labute approximate surface area is 115 Å². The first-order valence-electron chi connectivity index (χ1n) is 6.27. The normalized spacial score (nSPS) is 12.9. The Kier molecular flexibility index (Phi) is 3.98. The fourth-order valence-electron chi connectivity index (χ4n) is 1.97. The van der Waals surface area contributed by atoms with Gasteiger partial charge in [-0.2, -0.15) is 5.10 Å². The molecule has 0 unspecified atom stereocenters. The van der Waals surface area contributed by atoms with Gasteiger partial charge in [0.1, 0.15) is 5.56 Å². The molecule has 4 nitrogen and oxygen atoms in total. The molecule has 20 heavy (non-hydrogen) atoms. The van der Waals surface area contributed by atoms with Gasteiger partial charge in [0.2, 0.25) is 0 Å². The minimum atomic E-state index is -1.00. The van der Waals surface area contributed by atoms with E-state index in [1.54, 1.807) is 18.3 Å². The fourth-order valence-corrected chi connectivity index (χ4v) is 1.97. The molecule has 0 aliphatic heterocycles. The topological polar surface area (TPSA) is 54.6 Å². The van der Waals surface area contributed by atoms with Crippen molar-refractivity contribution in [1.29, 1.82) is 0 Å². The van der Waals surface area contributed by atoms with Crippen LogP contribution in [-0.2, 0) is 0 Å². The zero-order valence-corrected chi connectivity index (χ0v) is 11.3. The number of carboxylic acids is 1. The lowest BCUT2D eigenvalue weighted by Gasteiger charge is -2.05. The monoisotopic (exact) mass is 274 g/mol. The SMILES string of the molecule is CC/C(=C\C=C(/C)F)c1ccc2c(C(=O)O)cnn2c1. The summed E-state index contributed by atoms with van der Waals surface area (Å²) in [7, 11) is 0. The van der Waals surface area contributed by atoms with Crippen molar-refractivity contribution in [1.82, 2.24) is 9.61 Å².